The van der Waals surface area contributed by atoms with E-state index < -0.39 is 0 Å². The number of hydrogen-bond donors (Lipinski definition) is 2. The normalized spacial score (nSPS) is 21.7. The molecular formula is C8H8N2O2. The number of rotatable bonds is 1. The molecule has 12 heavy (non-hydrogen) atoms. The maximum atomic E-state index is 9.30. The smallest absolute Gasteiger partial charge is 0.140 e. The van der Waals surface area contributed by atoms with Gasteiger partial charge in [-0.05, 0) is 6.08 Å². The van der Waals surface area contributed by atoms with Crippen LogP contribution in [0.2, 0.25) is 0 Å². The van der Waals surface area contributed by atoms with E-state index >= 15 is 0 Å². The molecule has 2 heterocycles. The molecule has 0 bridgehead atoms. The molecule has 0 amide bonds. The molecule has 4 nitrogen and oxygen atoms in total. The van der Waals surface area contributed by atoms with Crippen molar-refractivity contribution in [1.82, 2.24) is 0 Å². The second-order valence-corrected chi connectivity index (χ2v) is 2.59. The zero-order valence-corrected chi connectivity index (χ0v) is 6.36. The molecular weight excluding hydrogens is 156 g/mol. The predicted molar refractivity (Wildman–Crippen MR) is 45.8 cm³/mol. The van der Waals surface area contributed by atoms with Gasteiger partial charge in [0.15, 0.2) is 0 Å². The summed E-state index contributed by atoms with van der Waals surface area (Å²) < 4.78 is 0. The van der Waals surface area contributed by atoms with E-state index in [-0.39, 0.29) is 11.5 Å². The third kappa shape index (κ3) is 0.922. The minimum atomic E-state index is 0.107. The molecule has 0 aliphatic carbocycles. The average molecular weight is 164 g/mol. The van der Waals surface area contributed by atoms with Gasteiger partial charge in [0.05, 0.1) is 6.54 Å². The number of nitrogens with zero attached hydrogens (tertiary/aromatic N) is 2. The highest BCUT2D eigenvalue weighted by Gasteiger charge is 2.20. The molecule has 0 atom stereocenters. The van der Waals surface area contributed by atoms with Crippen LogP contribution in [0.5, 0.6) is 0 Å². The first kappa shape index (κ1) is 7.09. The van der Waals surface area contributed by atoms with Gasteiger partial charge in [-0.1, -0.05) is 0 Å². The highest BCUT2D eigenvalue weighted by molar-refractivity contribution is 6.13. The molecule has 4 heteroatoms. The third-order valence-corrected chi connectivity index (χ3v) is 1.78. The van der Waals surface area contributed by atoms with Gasteiger partial charge in [0.1, 0.15) is 22.9 Å². The van der Waals surface area contributed by atoms with Gasteiger partial charge in [0, 0.05) is 12.6 Å². The van der Waals surface area contributed by atoms with Crippen LogP contribution in [0.15, 0.2) is 33.3 Å². The molecule has 2 aliphatic heterocycles. The van der Waals surface area contributed by atoms with Crippen LogP contribution in [0.3, 0.4) is 0 Å². The van der Waals surface area contributed by atoms with Crippen LogP contribution in [0.25, 0.3) is 0 Å². The van der Waals surface area contributed by atoms with E-state index in [0.29, 0.717) is 24.4 Å². The highest BCUT2D eigenvalue weighted by Crippen LogP contribution is 2.20. The van der Waals surface area contributed by atoms with Crippen molar-refractivity contribution >= 4 is 11.9 Å². The largest absolute Gasteiger partial charge is 0.510 e. The van der Waals surface area contributed by atoms with Gasteiger partial charge in [-0.15, -0.1) is 0 Å². The Morgan fingerprint density at radius 1 is 1.33 bits per heavy atom. The summed E-state index contributed by atoms with van der Waals surface area (Å²) in [5, 5.41) is 18.6. The fourth-order valence-corrected chi connectivity index (χ4v) is 1.19. The number of allylic oxidation sites excluding steroid dienone is 1. The molecule has 0 spiro atoms. The minimum absolute atomic E-state index is 0.107. The summed E-state index contributed by atoms with van der Waals surface area (Å²) in [6, 6.07) is 0. The molecule has 0 saturated heterocycles. The van der Waals surface area contributed by atoms with Crippen molar-refractivity contribution in [2.24, 2.45) is 9.98 Å². The molecule has 0 saturated carbocycles. The second kappa shape index (κ2) is 2.48. The fraction of sp³-hybridized carbons (Fsp3) is 0.250. The van der Waals surface area contributed by atoms with E-state index in [0.717, 1.165) is 0 Å². The summed E-state index contributed by atoms with van der Waals surface area (Å²) in [5.41, 5.74) is 0.808. The van der Waals surface area contributed by atoms with Crippen molar-refractivity contribution in [3.05, 3.63) is 23.3 Å². The van der Waals surface area contributed by atoms with Crippen molar-refractivity contribution in [1.29, 1.82) is 0 Å². The van der Waals surface area contributed by atoms with Gasteiger partial charge in [-0.25, -0.2) is 0 Å². The first-order valence-corrected chi connectivity index (χ1v) is 3.68. The van der Waals surface area contributed by atoms with E-state index in [4.69, 9.17) is 0 Å². The summed E-state index contributed by atoms with van der Waals surface area (Å²) in [5.74, 6) is 0.284. The van der Waals surface area contributed by atoms with E-state index in [1.807, 2.05) is 0 Å². The molecule has 0 aromatic heterocycles. The lowest BCUT2D eigenvalue weighted by molar-refractivity contribution is 0.403. The zero-order chi connectivity index (χ0) is 8.55. The average Bonchev–Trinajstić information content (AvgIpc) is 2.59. The molecule has 0 radical (unpaired) electrons. The van der Waals surface area contributed by atoms with Crippen LogP contribution < -0.4 is 0 Å². The molecule has 0 aromatic rings. The lowest BCUT2D eigenvalue weighted by Gasteiger charge is -1.99. The number of aliphatic imine (C=N–C) groups is 2. The topological polar surface area (TPSA) is 65.2 Å². The Morgan fingerprint density at radius 2 is 2.17 bits per heavy atom. The Hall–Kier alpha value is -1.58. The fourth-order valence-electron chi connectivity index (χ4n) is 1.19. The number of aliphatic hydroxyl groups excluding tert-OH is 2. The zero-order valence-electron chi connectivity index (χ0n) is 6.36. The molecule has 62 valence electrons. The van der Waals surface area contributed by atoms with E-state index in [9.17, 15) is 10.2 Å². The molecule has 2 N–H and O–H groups in total. The van der Waals surface area contributed by atoms with E-state index in [2.05, 4.69) is 9.98 Å². The van der Waals surface area contributed by atoms with Gasteiger partial charge in [0.2, 0.25) is 0 Å². The Morgan fingerprint density at radius 3 is 2.67 bits per heavy atom. The highest BCUT2D eigenvalue weighted by atomic mass is 16.3. The summed E-state index contributed by atoms with van der Waals surface area (Å²) in [4.78, 5) is 7.91. The van der Waals surface area contributed by atoms with Crippen LogP contribution in [0.1, 0.15) is 6.42 Å². The second-order valence-electron chi connectivity index (χ2n) is 2.59. The quantitative estimate of drug-likeness (QED) is 0.610. The van der Waals surface area contributed by atoms with Crippen molar-refractivity contribution in [3.8, 4) is 0 Å². The van der Waals surface area contributed by atoms with Crippen molar-refractivity contribution < 1.29 is 10.2 Å². The van der Waals surface area contributed by atoms with Crippen LogP contribution in [-0.2, 0) is 0 Å². The number of aliphatic hydroxyl groups is 2. The monoisotopic (exact) mass is 164 g/mol. The summed E-state index contributed by atoms with van der Waals surface area (Å²) in [6.45, 7) is 0.466. The molecule has 0 fully saturated rings. The van der Waals surface area contributed by atoms with Crippen LogP contribution in [-0.4, -0.2) is 28.7 Å². The Bertz CT molecular complexity index is 337. The SMILES string of the molecule is OC1=CCN=C1C1=C(O)CC=N1. The summed E-state index contributed by atoms with van der Waals surface area (Å²) in [6.07, 6.45) is 3.61. The van der Waals surface area contributed by atoms with Gasteiger partial charge in [0.25, 0.3) is 0 Å². The third-order valence-electron chi connectivity index (χ3n) is 1.78. The first-order valence-electron chi connectivity index (χ1n) is 3.68. The Balaban J connectivity index is 2.37. The van der Waals surface area contributed by atoms with Gasteiger partial charge >= 0.3 is 0 Å². The van der Waals surface area contributed by atoms with Gasteiger partial charge in [-0.3, -0.25) is 9.98 Å². The minimum Gasteiger partial charge on any atom is -0.510 e. The maximum Gasteiger partial charge on any atom is 0.140 e. The molecule has 0 unspecified atom stereocenters. The summed E-state index contributed by atoms with van der Waals surface area (Å²) in [7, 11) is 0. The van der Waals surface area contributed by atoms with Crippen LogP contribution in [0.4, 0.5) is 0 Å². The van der Waals surface area contributed by atoms with E-state index in [1.165, 1.54) is 0 Å². The molecule has 2 rings (SSSR count). The van der Waals surface area contributed by atoms with Gasteiger partial charge < -0.3 is 10.2 Å². The molecule has 2 aliphatic rings. The van der Waals surface area contributed by atoms with E-state index in [1.54, 1.807) is 12.3 Å². The Kier molecular flexibility index (Phi) is 1.46. The van der Waals surface area contributed by atoms with Crippen molar-refractivity contribution in [2.45, 2.75) is 6.42 Å². The lowest BCUT2D eigenvalue weighted by Crippen LogP contribution is -2.02. The lowest BCUT2D eigenvalue weighted by atomic mass is 10.2. The van der Waals surface area contributed by atoms with Crippen molar-refractivity contribution in [3.63, 3.8) is 0 Å². The Labute approximate surface area is 69.3 Å². The number of hydrogen-bond acceptors (Lipinski definition) is 4. The summed E-state index contributed by atoms with van der Waals surface area (Å²) >= 11 is 0. The standard InChI is InChI=1S/C8H8N2O2/c11-5-1-3-9-7(5)8-6(12)2-4-10-8/h1,4,11-12H,2-3H2. The van der Waals surface area contributed by atoms with Crippen LogP contribution in [0, 0.1) is 0 Å². The maximum absolute atomic E-state index is 9.30. The van der Waals surface area contributed by atoms with Gasteiger partial charge in [-0.2, -0.15) is 0 Å². The predicted octanol–water partition coefficient (Wildman–Crippen LogP) is 1.13. The van der Waals surface area contributed by atoms with Crippen molar-refractivity contribution in [2.75, 3.05) is 6.54 Å². The van der Waals surface area contributed by atoms with Crippen LogP contribution >= 0.6 is 0 Å². The first-order chi connectivity index (χ1) is 5.79. The molecule has 0 aromatic carbocycles.